The zero-order valence-electron chi connectivity index (χ0n) is 17.9. The molecule has 4 aromatic rings. The Hall–Kier alpha value is -2.55. The van der Waals surface area contributed by atoms with Crippen molar-refractivity contribution in [1.29, 1.82) is 0 Å². The second-order valence-electron chi connectivity index (χ2n) is 6.79. The highest BCUT2D eigenvalue weighted by atomic mass is 35.5. The van der Waals surface area contributed by atoms with E-state index in [0.717, 1.165) is 31.8 Å². The molecule has 9 heteroatoms. The first-order valence-corrected chi connectivity index (χ1v) is 11.6. The van der Waals surface area contributed by atoms with Crippen molar-refractivity contribution in [3.05, 3.63) is 56.1 Å². The Kier molecular flexibility index (Phi) is 7.25. The zero-order valence-corrected chi connectivity index (χ0v) is 20.3. The lowest BCUT2D eigenvalue weighted by Gasteiger charge is -2.01. The Morgan fingerprint density at radius 1 is 1.13 bits per heavy atom. The lowest BCUT2D eigenvalue weighted by molar-refractivity contribution is 0.0527. The molecule has 0 spiro atoms. The summed E-state index contributed by atoms with van der Waals surface area (Å²) in [6.07, 6.45) is 3.47. The van der Waals surface area contributed by atoms with E-state index in [4.69, 9.17) is 22.1 Å². The van der Waals surface area contributed by atoms with Crippen molar-refractivity contribution in [3.63, 3.8) is 0 Å². The van der Waals surface area contributed by atoms with Crippen LogP contribution in [0.5, 0.6) is 0 Å². The second-order valence-corrected chi connectivity index (χ2v) is 9.60. The number of hydrogen-bond acceptors (Lipinski definition) is 8. The fourth-order valence-corrected chi connectivity index (χ4v) is 5.26. The summed E-state index contributed by atoms with van der Waals surface area (Å²) in [5.41, 5.74) is 9.20. The van der Waals surface area contributed by atoms with Crippen molar-refractivity contribution in [2.24, 2.45) is 0 Å². The Morgan fingerprint density at radius 2 is 1.84 bits per heavy atom. The SMILES string of the molecule is CCOC(=O)c1c(N)sc(C)c1C.Cc1sc2nc(-c3cccnc3)nc(Cl)c2c1C. The van der Waals surface area contributed by atoms with Crippen molar-refractivity contribution in [3.8, 4) is 11.4 Å². The van der Waals surface area contributed by atoms with Crippen molar-refractivity contribution in [1.82, 2.24) is 15.0 Å². The number of nitrogens with two attached hydrogens (primary N) is 1. The van der Waals surface area contributed by atoms with E-state index >= 15 is 0 Å². The first-order valence-electron chi connectivity index (χ1n) is 9.60. The molecule has 0 aliphatic heterocycles. The van der Waals surface area contributed by atoms with Gasteiger partial charge in [-0.1, -0.05) is 11.6 Å². The summed E-state index contributed by atoms with van der Waals surface area (Å²) >= 11 is 9.34. The van der Waals surface area contributed by atoms with Crippen molar-refractivity contribution in [2.45, 2.75) is 34.6 Å². The van der Waals surface area contributed by atoms with Crippen molar-refractivity contribution < 1.29 is 9.53 Å². The van der Waals surface area contributed by atoms with Gasteiger partial charge in [0.15, 0.2) is 5.82 Å². The van der Waals surface area contributed by atoms with E-state index in [-0.39, 0.29) is 5.97 Å². The molecule has 0 atom stereocenters. The molecule has 0 bridgehead atoms. The molecule has 0 amide bonds. The number of carbonyl (C=O) groups excluding carboxylic acids is 1. The first kappa shape index (κ1) is 23.1. The van der Waals surface area contributed by atoms with E-state index < -0.39 is 0 Å². The van der Waals surface area contributed by atoms with E-state index in [1.807, 2.05) is 32.9 Å². The average molecular weight is 475 g/mol. The highest BCUT2D eigenvalue weighted by Gasteiger charge is 2.18. The number of aromatic nitrogens is 3. The van der Waals surface area contributed by atoms with Crippen LogP contribution in [0.25, 0.3) is 21.6 Å². The van der Waals surface area contributed by atoms with E-state index in [1.54, 1.807) is 30.7 Å². The minimum absolute atomic E-state index is 0.318. The number of ether oxygens (including phenoxy) is 1. The second kappa shape index (κ2) is 9.72. The van der Waals surface area contributed by atoms with Crippen LogP contribution in [0.1, 0.15) is 38.2 Å². The first-order chi connectivity index (χ1) is 14.7. The number of aryl methyl sites for hydroxylation is 3. The van der Waals surface area contributed by atoms with Crippen LogP contribution < -0.4 is 5.73 Å². The number of pyridine rings is 1. The third kappa shape index (κ3) is 4.87. The van der Waals surface area contributed by atoms with Crippen LogP contribution in [0.3, 0.4) is 0 Å². The number of esters is 1. The zero-order chi connectivity index (χ0) is 22.7. The summed E-state index contributed by atoms with van der Waals surface area (Å²) in [6.45, 7) is 10.1. The molecule has 0 aliphatic rings. The molecular formula is C22H23ClN4O2S2. The van der Waals surface area contributed by atoms with Gasteiger partial charge in [0, 0.05) is 27.7 Å². The summed E-state index contributed by atoms with van der Waals surface area (Å²) in [5.74, 6) is 0.309. The number of nitrogen functional groups attached to an aromatic ring is 1. The number of carbonyl (C=O) groups is 1. The van der Waals surface area contributed by atoms with E-state index in [1.165, 1.54) is 16.2 Å². The van der Waals surface area contributed by atoms with Crippen LogP contribution in [-0.2, 0) is 4.74 Å². The van der Waals surface area contributed by atoms with Gasteiger partial charge in [-0.25, -0.2) is 14.8 Å². The van der Waals surface area contributed by atoms with Gasteiger partial charge < -0.3 is 10.5 Å². The largest absolute Gasteiger partial charge is 0.462 e. The van der Waals surface area contributed by atoms with Crippen LogP contribution in [0.4, 0.5) is 5.00 Å². The third-order valence-electron chi connectivity index (χ3n) is 4.80. The maximum atomic E-state index is 11.4. The maximum absolute atomic E-state index is 11.4. The number of fused-ring (bicyclic) bond motifs is 1. The molecule has 4 heterocycles. The molecule has 0 saturated carbocycles. The van der Waals surface area contributed by atoms with Gasteiger partial charge in [0.05, 0.1) is 17.6 Å². The minimum atomic E-state index is -0.318. The molecule has 0 radical (unpaired) electrons. The van der Waals surface area contributed by atoms with E-state index in [0.29, 0.717) is 28.1 Å². The standard InChI is InChI=1S/C13H10ClN3S.C9H13NO2S/c1-7-8(2)18-13-10(7)11(14)16-12(17-13)9-4-3-5-15-6-9;1-4-12-9(11)7-5(2)6(3)13-8(7)10/h3-6H,1-2H3;4,10H2,1-3H3. The molecule has 4 aromatic heterocycles. The van der Waals surface area contributed by atoms with Crippen molar-refractivity contribution >= 4 is 55.5 Å². The van der Waals surface area contributed by atoms with Crippen LogP contribution in [0, 0.1) is 27.7 Å². The van der Waals surface area contributed by atoms with Gasteiger partial charge in [-0.3, -0.25) is 4.98 Å². The topological polar surface area (TPSA) is 91.0 Å². The number of rotatable bonds is 3. The molecule has 162 valence electrons. The molecule has 31 heavy (non-hydrogen) atoms. The fourth-order valence-electron chi connectivity index (χ4n) is 2.94. The highest BCUT2D eigenvalue weighted by Crippen LogP contribution is 2.34. The Labute approximate surface area is 194 Å². The molecule has 2 N–H and O–H groups in total. The summed E-state index contributed by atoms with van der Waals surface area (Å²) < 4.78 is 4.89. The van der Waals surface area contributed by atoms with Gasteiger partial charge in [-0.15, -0.1) is 22.7 Å². The third-order valence-corrected chi connectivity index (χ3v) is 7.21. The van der Waals surface area contributed by atoms with Gasteiger partial charge in [0.25, 0.3) is 0 Å². The average Bonchev–Trinajstić information content (AvgIpc) is 3.17. The lowest BCUT2D eigenvalue weighted by Crippen LogP contribution is -2.07. The molecule has 4 rings (SSSR count). The molecular weight excluding hydrogens is 452 g/mol. The molecule has 0 aliphatic carbocycles. The smallest absolute Gasteiger partial charge is 0.341 e. The number of thiophene rings is 2. The van der Waals surface area contributed by atoms with E-state index in [2.05, 4.69) is 21.9 Å². The van der Waals surface area contributed by atoms with Gasteiger partial charge in [0.1, 0.15) is 15.0 Å². The summed E-state index contributed by atoms with van der Waals surface area (Å²) in [5, 5.41) is 2.03. The quantitative estimate of drug-likeness (QED) is 0.283. The Bertz CT molecular complexity index is 1240. The van der Waals surface area contributed by atoms with Gasteiger partial charge in [0.2, 0.25) is 0 Å². The number of halogens is 1. The number of hydrogen-bond donors (Lipinski definition) is 1. The van der Waals surface area contributed by atoms with Crippen LogP contribution in [-0.4, -0.2) is 27.5 Å². The lowest BCUT2D eigenvalue weighted by atomic mass is 10.2. The number of anilines is 1. The normalized spacial score (nSPS) is 10.6. The summed E-state index contributed by atoms with van der Waals surface area (Å²) in [4.78, 5) is 27.6. The molecule has 0 aromatic carbocycles. The molecule has 6 nitrogen and oxygen atoms in total. The highest BCUT2D eigenvalue weighted by molar-refractivity contribution is 7.18. The van der Waals surface area contributed by atoms with Crippen LogP contribution in [0.2, 0.25) is 5.15 Å². The van der Waals surface area contributed by atoms with Crippen LogP contribution >= 0.6 is 34.3 Å². The monoisotopic (exact) mass is 474 g/mol. The van der Waals surface area contributed by atoms with Gasteiger partial charge >= 0.3 is 5.97 Å². The summed E-state index contributed by atoms with van der Waals surface area (Å²) in [7, 11) is 0. The Morgan fingerprint density at radius 3 is 2.42 bits per heavy atom. The van der Waals surface area contributed by atoms with Gasteiger partial charge in [-0.2, -0.15) is 0 Å². The minimum Gasteiger partial charge on any atom is -0.462 e. The van der Waals surface area contributed by atoms with Crippen molar-refractivity contribution in [2.75, 3.05) is 12.3 Å². The fraction of sp³-hybridized carbons (Fsp3) is 0.273. The van der Waals surface area contributed by atoms with E-state index in [9.17, 15) is 4.79 Å². The predicted molar refractivity (Wildman–Crippen MR) is 129 cm³/mol. The predicted octanol–water partition coefficient (Wildman–Crippen LogP) is 6.15. The molecule has 0 fully saturated rings. The molecule has 0 saturated heterocycles. The summed E-state index contributed by atoms with van der Waals surface area (Å²) in [6, 6.07) is 3.79. The maximum Gasteiger partial charge on any atom is 0.341 e. The van der Waals surface area contributed by atoms with Crippen LogP contribution in [0.15, 0.2) is 24.5 Å². The Balaban J connectivity index is 0.000000187. The molecule has 0 unspecified atom stereocenters. The number of nitrogens with zero attached hydrogens (tertiary/aromatic N) is 3. The van der Waals surface area contributed by atoms with Gasteiger partial charge in [-0.05, 0) is 57.9 Å².